The van der Waals surface area contributed by atoms with Crippen LogP contribution in [0.1, 0.15) is 34.0 Å². The molecule has 2 heterocycles. The van der Waals surface area contributed by atoms with Gasteiger partial charge in [-0.25, -0.2) is 0 Å². The molecule has 2 N–H and O–H groups in total. The summed E-state index contributed by atoms with van der Waals surface area (Å²) in [5.74, 6) is 0.611. The number of rotatable bonds is 7. The highest BCUT2D eigenvalue weighted by Crippen LogP contribution is 2.33. The number of thiophene rings is 1. The molecule has 0 aliphatic carbocycles. The molecular formula is C28H25N3O6S. The van der Waals surface area contributed by atoms with Crippen LogP contribution in [0.5, 0.6) is 11.5 Å². The molecule has 1 aliphatic rings. The Bertz CT molecular complexity index is 1480. The van der Waals surface area contributed by atoms with Crippen molar-refractivity contribution in [2.24, 2.45) is 0 Å². The highest BCUT2D eigenvalue weighted by Gasteiger charge is 2.26. The normalized spacial score (nSPS) is 13.8. The van der Waals surface area contributed by atoms with Crippen LogP contribution in [-0.2, 0) is 4.79 Å². The molecule has 1 aromatic heterocycles. The van der Waals surface area contributed by atoms with Gasteiger partial charge in [0, 0.05) is 41.0 Å². The second kappa shape index (κ2) is 10.9. The van der Waals surface area contributed by atoms with Crippen molar-refractivity contribution in [3.8, 4) is 11.5 Å². The van der Waals surface area contributed by atoms with E-state index >= 15 is 0 Å². The summed E-state index contributed by atoms with van der Waals surface area (Å²) in [6.45, 7) is 1.12. The van der Waals surface area contributed by atoms with Crippen LogP contribution in [0.15, 0.2) is 72.8 Å². The fourth-order valence-electron chi connectivity index (χ4n) is 4.55. The second-order valence-corrected chi connectivity index (χ2v) is 10.2. The number of aromatic hydroxyl groups is 1. The number of anilines is 1. The molecule has 1 fully saturated rings. The maximum atomic E-state index is 13.1. The first kappa shape index (κ1) is 25.2. The van der Waals surface area contributed by atoms with Gasteiger partial charge in [-0.15, -0.1) is 11.3 Å². The van der Waals surface area contributed by atoms with Crippen LogP contribution >= 0.6 is 11.3 Å². The van der Waals surface area contributed by atoms with Crippen molar-refractivity contribution in [3.05, 3.63) is 93.4 Å². The van der Waals surface area contributed by atoms with E-state index in [1.807, 2.05) is 29.2 Å². The van der Waals surface area contributed by atoms with E-state index in [0.29, 0.717) is 40.7 Å². The molecule has 0 unspecified atom stereocenters. The Hall–Kier alpha value is -4.44. The number of phenols is 1. The standard InChI is InChI=1S/C28H25N3O6S/c32-23-6-8-24(9-7-23)37-17-27(33)29-21-3-1-18(2-4-21)19-11-13-30(14-12-19)28(34)26-16-20-15-22(31(35)36)5-10-25(20)38-26/h1-10,15-16,19,32H,11-14,17H2,(H,29,33). The van der Waals surface area contributed by atoms with Crippen molar-refractivity contribution in [1.29, 1.82) is 0 Å². The smallest absolute Gasteiger partial charge is 0.270 e. The number of nitro benzene ring substituents is 1. The summed E-state index contributed by atoms with van der Waals surface area (Å²) < 4.78 is 6.28. The van der Waals surface area contributed by atoms with Crippen LogP contribution in [0, 0.1) is 10.1 Å². The first-order chi connectivity index (χ1) is 18.4. The SMILES string of the molecule is O=C(COc1ccc(O)cc1)Nc1ccc(C2CCN(C(=O)c3cc4cc([N+](=O)[O-])ccc4s3)CC2)cc1. The maximum Gasteiger partial charge on any atom is 0.270 e. The first-order valence-electron chi connectivity index (χ1n) is 12.1. The monoisotopic (exact) mass is 531 g/mol. The molecule has 3 aromatic carbocycles. The zero-order valence-electron chi connectivity index (χ0n) is 20.3. The quantitative estimate of drug-likeness (QED) is 0.238. The number of non-ortho nitro benzene ring substituents is 1. The van der Waals surface area contributed by atoms with Gasteiger partial charge < -0.3 is 20.1 Å². The number of piperidine rings is 1. The lowest BCUT2D eigenvalue weighted by Gasteiger charge is -2.32. The van der Waals surface area contributed by atoms with Gasteiger partial charge in [0.05, 0.1) is 9.80 Å². The molecule has 0 saturated carbocycles. The van der Waals surface area contributed by atoms with Crippen LogP contribution in [0.4, 0.5) is 11.4 Å². The topological polar surface area (TPSA) is 122 Å². The predicted octanol–water partition coefficient (Wildman–Crippen LogP) is 5.55. The van der Waals surface area contributed by atoms with Gasteiger partial charge >= 0.3 is 0 Å². The van der Waals surface area contributed by atoms with Crippen LogP contribution in [0.3, 0.4) is 0 Å². The van der Waals surface area contributed by atoms with Gasteiger partial charge in [-0.3, -0.25) is 19.7 Å². The van der Waals surface area contributed by atoms with Crippen LogP contribution in [-0.4, -0.2) is 46.4 Å². The molecule has 4 aromatic rings. The molecule has 38 heavy (non-hydrogen) atoms. The first-order valence-corrected chi connectivity index (χ1v) is 13.0. The van der Waals surface area contributed by atoms with Crippen LogP contribution in [0.2, 0.25) is 0 Å². The molecule has 10 heteroatoms. The Labute approximate surface area is 222 Å². The minimum absolute atomic E-state index is 0.0168. The Morgan fingerprint density at radius 2 is 1.74 bits per heavy atom. The van der Waals surface area contributed by atoms with Crippen molar-refractivity contribution < 1.29 is 24.4 Å². The summed E-state index contributed by atoms with van der Waals surface area (Å²) in [5, 5.41) is 23.9. The number of phenolic OH excluding ortho intramolecular Hbond substituents is 1. The predicted molar refractivity (Wildman–Crippen MR) is 145 cm³/mol. The largest absolute Gasteiger partial charge is 0.508 e. The van der Waals surface area contributed by atoms with Gasteiger partial charge in [0.1, 0.15) is 11.5 Å². The highest BCUT2D eigenvalue weighted by molar-refractivity contribution is 7.20. The zero-order valence-corrected chi connectivity index (χ0v) is 21.1. The fourth-order valence-corrected chi connectivity index (χ4v) is 5.56. The summed E-state index contributed by atoms with van der Waals surface area (Å²) in [6.07, 6.45) is 1.66. The molecule has 1 aliphatic heterocycles. The van der Waals surface area contributed by atoms with Gasteiger partial charge in [0.15, 0.2) is 6.61 Å². The van der Waals surface area contributed by atoms with Crippen molar-refractivity contribution in [1.82, 2.24) is 4.90 Å². The van der Waals surface area contributed by atoms with E-state index in [4.69, 9.17) is 4.74 Å². The van der Waals surface area contributed by atoms with Crippen molar-refractivity contribution in [2.75, 3.05) is 25.0 Å². The molecule has 194 valence electrons. The molecule has 2 amide bonds. The summed E-state index contributed by atoms with van der Waals surface area (Å²) in [6, 6.07) is 20.3. The van der Waals surface area contributed by atoms with Gasteiger partial charge in [-0.2, -0.15) is 0 Å². The van der Waals surface area contributed by atoms with Gasteiger partial charge in [0.2, 0.25) is 0 Å². The Balaban J connectivity index is 1.12. The van der Waals surface area contributed by atoms with Gasteiger partial charge in [-0.1, -0.05) is 12.1 Å². The Morgan fingerprint density at radius 1 is 1.03 bits per heavy atom. The second-order valence-electron chi connectivity index (χ2n) is 9.11. The molecule has 0 radical (unpaired) electrons. The molecule has 5 rings (SSSR count). The van der Waals surface area contributed by atoms with E-state index in [2.05, 4.69) is 5.32 Å². The number of likely N-dealkylation sites (tertiary alicyclic amines) is 1. The van der Waals surface area contributed by atoms with Crippen molar-refractivity contribution in [3.63, 3.8) is 0 Å². The summed E-state index contributed by atoms with van der Waals surface area (Å²) in [4.78, 5) is 38.3. The third-order valence-electron chi connectivity index (χ3n) is 6.58. The number of ether oxygens (including phenoxy) is 1. The van der Waals surface area contributed by atoms with E-state index < -0.39 is 4.92 Å². The lowest BCUT2D eigenvalue weighted by atomic mass is 9.89. The van der Waals surface area contributed by atoms with E-state index in [-0.39, 0.29) is 29.9 Å². The lowest BCUT2D eigenvalue weighted by Crippen LogP contribution is -2.37. The van der Waals surface area contributed by atoms with E-state index in [1.165, 1.54) is 35.6 Å². The summed E-state index contributed by atoms with van der Waals surface area (Å²) >= 11 is 1.36. The molecule has 1 saturated heterocycles. The maximum absolute atomic E-state index is 13.1. The third-order valence-corrected chi connectivity index (χ3v) is 7.68. The number of amides is 2. The molecular weight excluding hydrogens is 506 g/mol. The molecule has 0 atom stereocenters. The Morgan fingerprint density at radius 3 is 2.42 bits per heavy atom. The van der Waals surface area contributed by atoms with Gasteiger partial charge in [0.25, 0.3) is 17.5 Å². The average molecular weight is 532 g/mol. The number of nitrogens with one attached hydrogen (secondary N) is 1. The zero-order chi connectivity index (χ0) is 26.6. The van der Waals surface area contributed by atoms with Crippen molar-refractivity contribution >= 4 is 44.6 Å². The fraction of sp³-hybridized carbons (Fsp3) is 0.214. The number of nitro groups is 1. The van der Waals surface area contributed by atoms with Crippen molar-refractivity contribution in [2.45, 2.75) is 18.8 Å². The average Bonchev–Trinajstić information content (AvgIpc) is 3.36. The number of carbonyl (C=O) groups is 2. The number of hydrogen-bond acceptors (Lipinski definition) is 7. The van der Waals surface area contributed by atoms with E-state index in [0.717, 1.165) is 23.1 Å². The summed E-state index contributed by atoms with van der Waals surface area (Å²) in [5.41, 5.74) is 1.85. The van der Waals surface area contributed by atoms with Crippen LogP contribution in [0.25, 0.3) is 10.1 Å². The van der Waals surface area contributed by atoms with Gasteiger partial charge in [-0.05, 0) is 72.9 Å². The molecule has 0 bridgehead atoms. The lowest BCUT2D eigenvalue weighted by molar-refractivity contribution is -0.384. The third kappa shape index (κ3) is 5.76. The number of nitrogens with zero attached hydrogens (tertiary/aromatic N) is 2. The molecule has 9 nitrogen and oxygen atoms in total. The minimum Gasteiger partial charge on any atom is -0.508 e. The minimum atomic E-state index is -0.433. The molecule has 0 spiro atoms. The Kier molecular flexibility index (Phi) is 7.23. The van der Waals surface area contributed by atoms with Crippen LogP contribution < -0.4 is 10.1 Å². The number of fused-ring (bicyclic) bond motifs is 1. The highest BCUT2D eigenvalue weighted by atomic mass is 32.1. The number of carbonyl (C=O) groups excluding carboxylic acids is 2. The number of benzene rings is 3. The number of hydrogen-bond donors (Lipinski definition) is 2. The van der Waals surface area contributed by atoms with E-state index in [1.54, 1.807) is 24.3 Å². The van der Waals surface area contributed by atoms with E-state index in [9.17, 15) is 24.8 Å². The summed E-state index contributed by atoms with van der Waals surface area (Å²) in [7, 11) is 0.